The molecule has 0 unspecified atom stereocenters. The fraction of sp³-hybridized carbons (Fsp3) is 0.269. The van der Waals surface area contributed by atoms with Crippen molar-refractivity contribution in [2.45, 2.75) is 44.7 Å². The van der Waals surface area contributed by atoms with Crippen molar-refractivity contribution in [1.82, 2.24) is 10.6 Å². The zero-order valence-electron chi connectivity index (χ0n) is 18.7. The number of amides is 2. The zero-order chi connectivity index (χ0) is 23.8. The van der Waals surface area contributed by atoms with E-state index in [9.17, 15) is 14.4 Å². The number of rotatable bonds is 10. The minimum absolute atomic E-state index is 0.00159. The molecule has 2 aromatic carbocycles. The molecule has 0 aliphatic heterocycles. The van der Waals surface area contributed by atoms with E-state index in [0.29, 0.717) is 12.0 Å². The lowest BCUT2D eigenvalue weighted by Gasteiger charge is -2.29. The number of hydrogen-bond donors (Lipinski definition) is 3. The van der Waals surface area contributed by atoms with Crippen LogP contribution in [0.4, 0.5) is 0 Å². The van der Waals surface area contributed by atoms with Crippen LogP contribution in [-0.4, -0.2) is 34.5 Å². The van der Waals surface area contributed by atoms with E-state index < -0.39 is 29.4 Å². The summed E-state index contributed by atoms with van der Waals surface area (Å²) in [7, 11) is 0. The Morgan fingerprint density at radius 2 is 1.67 bits per heavy atom. The van der Waals surface area contributed by atoms with E-state index in [-0.39, 0.29) is 12.8 Å². The molecule has 7 heteroatoms. The minimum Gasteiger partial charge on any atom is -0.481 e. The average molecular weight is 465 g/mol. The standard InChI is InChI=1S/C26H28N2O4S/c1-26(2,17-18-7-4-3-5-8-18)28-25(32)21(14-15-23(29)30)27-24(31)20-12-10-19(11-13-20)22-9-6-16-33-22/h3-13,16,21H,14-15,17H2,1-2H3,(H,27,31)(H,28,32)(H,29,30)/t21-/m0/s1. The van der Waals surface area contributed by atoms with Crippen molar-refractivity contribution in [2.75, 3.05) is 0 Å². The van der Waals surface area contributed by atoms with E-state index in [4.69, 9.17) is 5.11 Å². The molecule has 6 nitrogen and oxygen atoms in total. The van der Waals surface area contributed by atoms with Gasteiger partial charge in [0.2, 0.25) is 5.91 Å². The Bertz CT molecular complexity index is 1080. The maximum absolute atomic E-state index is 13.0. The van der Waals surface area contributed by atoms with Crippen molar-refractivity contribution in [3.05, 3.63) is 83.2 Å². The Labute approximate surface area is 197 Å². The van der Waals surface area contributed by atoms with Gasteiger partial charge in [-0.25, -0.2) is 0 Å². The molecule has 2 amide bonds. The SMILES string of the molecule is CC(C)(Cc1ccccc1)NC(=O)[C@H](CCC(=O)O)NC(=O)c1ccc(-c2cccs2)cc1. The molecule has 0 aliphatic carbocycles. The van der Waals surface area contributed by atoms with E-state index in [0.717, 1.165) is 16.0 Å². The van der Waals surface area contributed by atoms with Gasteiger partial charge in [-0.3, -0.25) is 14.4 Å². The molecule has 0 saturated heterocycles. The number of nitrogens with one attached hydrogen (secondary N) is 2. The lowest BCUT2D eigenvalue weighted by Crippen LogP contribution is -2.54. The molecule has 3 rings (SSSR count). The highest BCUT2D eigenvalue weighted by atomic mass is 32.1. The van der Waals surface area contributed by atoms with Gasteiger partial charge in [-0.1, -0.05) is 48.5 Å². The van der Waals surface area contributed by atoms with Crippen molar-refractivity contribution in [3.63, 3.8) is 0 Å². The van der Waals surface area contributed by atoms with Crippen LogP contribution < -0.4 is 10.6 Å². The van der Waals surface area contributed by atoms with E-state index in [2.05, 4.69) is 10.6 Å². The summed E-state index contributed by atoms with van der Waals surface area (Å²) in [4.78, 5) is 38.1. The van der Waals surface area contributed by atoms with Gasteiger partial charge < -0.3 is 15.7 Å². The quantitative estimate of drug-likeness (QED) is 0.411. The zero-order valence-corrected chi connectivity index (χ0v) is 19.5. The van der Waals surface area contributed by atoms with Crippen molar-refractivity contribution in [1.29, 1.82) is 0 Å². The molecule has 0 saturated carbocycles. The first-order chi connectivity index (χ1) is 15.7. The van der Waals surface area contributed by atoms with Crippen LogP contribution in [0.3, 0.4) is 0 Å². The molecule has 0 bridgehead atoms. The molecule has 1 aromatic heterocycles. The van der Waals surface area contributed by atoms with E-state index in [1.54, 1.807) is 23.5 Å². The first kappa shape index (κ1) is 24.2. The highest BCUT2D eigenvalue weighted by Gasteiger charge is 2.28. The molecule has 3 N–H and O–H groups in total. The molecule has 0 aliphatic rings. The summed E-state index contributed by atoms with van der Waals surface area (Å²) in [5.74, 6) is -1.84. The molecular weight excluding hydrogens is 436 g/mol. The Hall–Kier alpha value is -3.45. The summed E-state index contributed by atoms with van der Waals surface area (Å²) in [5, 5.41) is 16.8. The molecule has 172 valence electrons. The summed E-state index contributed by atoms with van der Waals surface area (Å²) in [6.07, 6.45) is 0.375. The second kappa shape index (κ2) is 10.9. The monoisotopic (exact) mass is 464 g/mol. The van der Waals surface area contributed by atoms with Gasteiger partial charge in [0.1, 0.15) is 6.04 Å². The predicted molar refractivity (Wildman–Crippen MR) is 130 cm³/mol. The molecule has 33 heavy (non-hydrogen) atoms. The summed E-state index contributed by atoms with van der Waals surface area (Å²) in [6.45, 7) is 3.80. The number of hydrogen-bond acceptors (Lipinski definition) is 4. The number of carbonyl (C=O) groups is 3. The third-order valence-corrected chi connectivity index (χ3v) is 6.09. The molecule has 0 spiro atoms. The second-order valence-corrected chi connectivity index (χ2v) is 9.50. The Morgan fingerprint density at radius 1 is 0.970 bits per heavy atom. The fourth-order valence-corrected chi connectivity index (χ4v) is 4.31. The van der Waals surface area contributed by atoms with Crippen molar-refractivity contribution >= 4 is 29.1 Å². The van der Waals surface area contributed by atoms with Gasteiger partial charge in [0.25, 0.3) is 5.91 Å². The van der Waals surface area contributed by atoms with Crippen molar-refractivity contribution < 1.29 is 19.5 Å². The third kappa shape index (κ3) is 7.29. The number of carbonyl (C=O) groups excluding carboxylic acids is 2. The highest BCUT2D eigenvalue weighted by Crippen LogP contribution is 2.24. The average Bonchev–Trinajstić information content (AvgIpc) is 3.31. The van der Waals surface area contributed by atoms with Crippen LogP contribution in [0.15, 0.2) is 72.1 Å². The van der Waals surface area contributed by atoms with Gasteiger partial charge in [0, 0.05) is 22.4 Å². The number of benzene rings is 2. The van der Waals surface area contributed by atoms with Gasteiger partial charge in [0.15, 0.2) is 0 Å². The van der Waals surface area contributed by atoms with Crippen molar-refractivity contribution in [2.24, 2.45) is 0 Å². The Kier molecular flexibility index (Phi) is 8.01. The molecule has 3 aromatic rings. The maximum atomic E-state index is 13.0. The minimum atomic E-state index is -1.02. The van der Waals surface area contributed by atoms with E-state index in [1.165, 1.54) is 0 Å². The fourth-order valence-electron chi connectivity index (χ4n) is 3.58. The van der Waals surface area contributed by atoms with Gasteiger partial charge in [-0.2, -0.15) is 0 Å². The molecule has 1 heterocycles. The van der Waals surface area contributed by atoms with Crippen LogP contribution in [-0.2, 0) is 16.0 Å². The van der Waals surface area contributed by atoms with E-state index in [1.807, 2.05) is 73.8 Å². The summed E-state index contributed by atoms with van der Waals surface area (Å²) in [5.41, 5.74) is 1.91. The van der Waals surface area contributed by atoms with Crippen LogP contribution in [0, 0.1) is 0 Å². The first-order valence-corrected chi connectivity index (χ1v) is 11.6. The Balaban J connectivity index is 1.68. The van der Waals surface area contributed by atoms with Crippen LogP contribution in [0.2, 0.25) is 0 Å². The van der Waals surface area contributed by atoms with Crippen LogP contribution >= 0.6 is 11.3 Å². The summed E-state index contributed by atoms with van der Waals surface area (Å²) >= 11 is 1.61. The lowest BCUT2D eigenvalue weighted by molar-refractivity contribution is -0.137. The molecular formula is C26H28N2O4S. The predicted octanol–water partition coefficient (Wildman–Crippen LogP) is 4.52. The highest BCUT2D eigenvalue weighted by molar-refractivity contribution is 7.13. The first-order valence-electron chi connectivity index (χ1n) is 10.8. The lowest BCUT2D eigenvalue weighted by atomic mass is 9.94. The Morgan fingerprint density at radius 3 is 2.27 bits per heavy atom. The smallest absolute Gasteiger partial charge is 0.303 e. The summed E-state index contributed by atoms with van der Waals surface area (Å²) < 4.78 is 0. The molecule has 0 radical (unpaired) electrons. The number of thiophene rings is 1. The van der Waals surface area contributed by atoms with Gasteiger partial charge in [-0.15, -0.1) is 11.3 Å². The van der Waals surface area contributed by atoms with Crippen LogP contribution in [0.5, 0.6) is 0 Å². The number of carboxylic acid groups (broad SMARTS) is 1. The number of carboxylic acids is 1. The largest absolute Gasteiger partial charge is 0.481 e. The van der Waals surface area contributed by atoms with Gasteiger partial charge in [-0.05, 0) is 61.4 Å². The third-order valence-electron chi connectivity index (χ3n) is 5.17. The normalized spacial score (nSPS) is 12.1. The van der Waals surface area contributed by atoms with E-state index >= 15 is 0 Å². The van der Waals surface area contributed by atoms with Crippen LogP contribution in [0.1, 0.15) is 42.6 Å². The molecule has 1 atom stereocenters. The van der Waals surface area contributed by atoms with Gasteiger partial charge in [0.05, 0.1) is 0 Å². The second-order valence-electron chi connectivity index (χ2n) is 8.55. The van der Waals surface area contributed by atoms with Crippen molar-refractivity contribution in [3.8, 4) is 10.4 Å². The summed E-state index contributed by atoms with van der Waals surface area (Å²) in [6, 6.07) is 19.9. The molecule has 0 fully saturated rings. The van der Waals surface area contributed by atoms with Crippen LogP contribution in [0.25, 0.3) is 10.4 Å². The van der Waals surface area contributed by atoms with Gasteiger partial charge >= 0.3 is 5.97 Å². The number of aliphatic carboxylic acids is 1. The topological polar surface area (TPSA) is 95.5 Å². The maximum Gasteiger partial charge on any atom is 0.303 e.